The van der Waals surface area contributed by atoms with Crippen LogP contribution in [0.3, 0.4) is 0 Å². The van der Waals surface area contributed by atoms with Crippen molar-refractivity contribution in [1.29, 1.82) is 0 Å². The molecule has 0 bridgehead atoms. The lowest BCUT2D eigenvalue weighted by Gasteiger charge is -1.98. The smallest absolute Gasteiger partial charge is 0.0323 e. The summed E-state index contributed by atoms with van der Waals surface area (Å²) in [5, 5.41) is 0. The standard InChI is InChI=1S/C10H20.C2H6/c1-4-6-7-9-10(3)8-5-2;1-2/h8H,4-7,9H2,1-3H3;1-2H3/b10-8-;. The minimum atomic E-state index is 1.19. The van der Waals surface area contributed by atoms with Crippen molar-refractivity contribution < 1.29 is 0 Å². The van der Waals surface area contributed by atoms with E-state index in [0.29, 0.717) is 0 Å². The van der Waals surface area contributed by atoms with E-state index >= 15 is 0 Å². The van der Waals surface area contributed by atoms with Crippen LogP contribution in [0.4, 0.5) is 0 Å². The molecule has 0 aliphatic carbocycles. The van der Waals surface area contributed by atoms with Gasteiger partial charge in [-0.15, -0.1) is 0 Å². The maximum Gasteiger partial charge on any atom is -0.0323 e. The quantitative estimate of drug-likeness (QED) is 0.404. The SMILES string of the molecule is CC.CC/C=C(/C)CCCCC. The fourth-order valence-electron chi connectivity index (χ4n) is 1.10. The van der Waals surface area contributed by atoms with Crippen molar-refractivity contribution >= 4 is 0 Å². The molecule has 0 unspecified atom stereocenters. The monoisotopic (exact) mass is 170 g/mol. The summed E-state index contributed by atoms with van der Waals surface area (Å²) in [6.45, 7) is 10.7. The highest BCUT2D eigenvalue weighted by Crippen LogP contribution is 2.08. The molecule has 0 aromatic heterocycles. The second-order valence-electron chi connectivity index (χ2n) is 2.92. The number of unbranched alkanes of at least 4 members (excludes halogenated alkanes) is 2. The van der Waals surface area contributed by atoms with Crippen molar-refractivity contribution in [1.82, 2.24) is 0 Å². The zero-order valence-corrected chi connectivity index (χ0v) is 9.61. The molecular weight excluding hydrogens is 144 g/mol. The van der Waals surface area contributed by atoms with Crippen molar-refractivity contribution in [2.75, 3.05) is 0 Å². The van der Waals surface area contributed by atoms with Gasteiger partial charge in [-0.25, -0.2) is 0 Å². The molecule has 0 saturated carbocycles. The van der Waals surface area contributed by atoms with Gasteiger partial charge in [0.25, 0.3) is 0 Å². The van der Waals surface area contributed by atoms with Gasteiger partial charge in [-0.3, -0.25) is 0 Å². The van der Waals surface area contributed by atoms with E-state index in [1.807, 2.05) is 13.8 Å². The van der Waals surface area contributed by atoms with Crippen LogP contribution in [0.1, 0.15) is 66.7 Å². The minimum Gasteiger partial charge on any atom is -0.0859 e. The van der Waals surface area contributed by atoms with Gasteiger partial charge in [0.2, 0.25) is 0 Å². The topological polar surface area (TPSA) is 0 Å². The lowest BCUT2D eigenvalue weighted by Crippen LogP contribution is -1.77. The maximum absolute atomic E-state index is 2.33. The number of hydrogen-bond donors (Lipinski definition) is 0. The molecule has 0 saturated heterocycles. The molecule has 0 rings (SSSR count). The summed E-state index contributed by atoms with van der Waals surface area (Å²) in [6.07, 6.45) is 8.92. The average molecular weight is 170 g/mol. The molecule has 0 spiro atoms. The lowest BCUT2D eigenvalue weighted by atomic mass is 10.1. The first kappa shape index (κ1) is 14.3. The van der Waals surface area contributed by atoms with Crippen LogP contribution in [-0.4, -0.2) is 0 Å². The molecule has 0 aromatic rings. The second kappa shape index (κ2) is 13.3. The molecule has 0 heterocycles. The molecule has 74 valence electrons. The molecule has 0 heteroatoms. The van der Waals surface area contributed by atoms with Crippen LogP contribution in [0.2, 0.25) is 0 Å². The Bertz CT molecular complexity index is 90.2. The van der Waals surface area contributed by atoms with Gasteiger partial charge < -0.3 is 0 Å². The van der Waals surface area contributed by atoms with Crippen LogP contribution in [0.15, 0.2) is 11.6 Å². The molecule has 0 aliphatic heterocycles. The second-order valence-corrected chi connectivity index (χ2v) is 2.92. The number of hydrogen-bond acceptors (Lipinski definition) is 0. The highest BCUT2D eigenvalue weighted by atomic mass is 13.9. The Hall–Kier alpha value is -0.260. The summed E-state index contributed by atoms with van der Waals surface area (Å²) < 4.78 is 0. The van der Waals surface area contributed by atoms with E-state index in [9.17, 15) is 0 Å². The van der Waals surface area contributed by atoms with E-state index in [4.69, 9.17) is 0 Å². The Labute approximate surface area is 79.1 Å². The third-order valence-electron chi connectivity index (χ3n) is 1.73. The fourth-order valence-corrected chi connectivity index (χ4v) is 1.10. The summed E-state index contributed by atoms with van der Waals surface area (Å²) in [6, 6.07) is 0. The zero-order chi connectivity index (χ0) is 9.82. The van der Waals surface area contributed by atoms with Crippen LogP contribution in [-0.2, 0) is 0 Å². The van der Waals surface area contributed by atoms with Gasteiger partial charge in [-0.1, -0.05) is 52.2 Å². The van der Waals surface area contributed by atoms with E-state index < -0.39 is 0 Å². The van der Waals surface area contributed by atoms with Gasteiger partial charge in [0.05, 0.1) is 0 Å². The summed E-state index contributed by atoms with van der Waals surface area (Å²) in [4.78, 5) is 0. The van der Waals surface area contributed by atoms with Crippen LogP contribution in [0, 0.1) is 0 Å². The molecule has 12 heavy (non-hydrogen) atoms. The van der Waals surface area contributed by atoms with Crippen molar-refractivity contribution in [3.8, 4) is 0 Å². The Morgan fingerprint density at radius 3 is 2.08 bits per heavy atom. The first-order valence-corrected chi connectivity index (χ1v) is 5.46. The van der Waals surface area contributed by atoms with E-state index in [1.54, 1.807) is 5.57 Å². The Balaban J connectivity index is 0. The van der Waals surface area contributed by atoms with Gasteiger partial charge in [-0.05, 0) is 26.2 Å². The first-order valence-electron chi connectivity index (χ1n) is 5.46. The molecule has 0 atom stereocenters. The molecule has 0 amide bonds. The molecule has 0 fully saturated rings. The zero-order valence-electron chi connectivity index (χ0n) is 9.61. The predicted molar refractivity (Wildman–Crippen MR) is 59.5 cm³/mol. The number of rotatable bonds is 5. The van der Waals surface area contributed by atoms with Gasteiger partial charge in [-0.2, -0.15) is 0 Å². The van der Waals surface area contributed by atoms with E-state index in [1.165, 1.54) is 32.1 Å². The van der Waals surface area contributed by atoms with E-state index in [0.717, 1.165) is 0 Å². The normalized spacial score (nSPS) is 10.6. The summed E-state index contributed by atoms with van der Waals surface area (Å²) in [5.41, 5.74) is 1.57. The van der Waals surface area contributed by atoms with Crippen molar-refractivity contribution in [3.05, 3.63) is 11.6 Å². The first-order chi connectivity index (χ1) is 5.81. The molecule has 0 aromatic carbocycles. The largest absolute Gasteiger partial charge is 0.0859 e. The van der Waals surface area contributed by atoms with Crippen molar-refractivity contribution in [2.24, 2.45) is 0 Å². The number of allylic oxidation sites excluding steroid dienone is 2. The molecular formula is C12H26. The summed E-state index contributed by atoms with van der Waals surface area (Å²) in [7, 11) is 0. The van der Waals surface area contributed by atoms with Crippen LogP contribution in [0.25, 0.3) is 0 Å². The predicted octanol–water partition coefficient (Wildman–Crippen LogP) is 4.95. The average Bonchev–Trinajstić information content (AvgIpc) is 2.09. The van der Waals surface area contributed by atoms with E-state index in [-0.39, 0.29) is 0 Å². The van der Waals surface area contributed by atoms with Crippen LogP contribution in [0.5, 0.6) is 0 Å². The lowest BCUT2D eigenvalue weighted by molar-refractivity contribution is 0.711. The highest BCUT2D eigenvalue weighted by Gasteiger charge is 1.87. The Morgan fingerprint density at radius 1 is 1.08 bits per heavy atom. The summed E-state index contributed by atoms with van der Waals surface area (Å²) >= 11 is 0. The summed E-state index contributed by atoms with van der Waals surface area (Å²) in [5.74, 6) is 0. The van der Waals surface area contributed by atoms with Gasteiger partial charge in [0, 0.05) is 0 Å². The fraction of sp³-hybridized carbons (Fsp3) is 0.833. The molecule has 0 aliphatic rings. The van der Waals surface area contributed by atoms with Crippen LogP contribution >= 0.6 is 0 Å². The molecule has 0 nitrogen and oxygen atoms in total. The van der Waals surface area contributed by atoms with Gasteiger partial charge in [0.1, 0.15) is 0 Å². The third kappa shape index (κ3) is 12.4. The third-order valence-corrected chi connectivity index (χ3v) is 1.73. The molecule has 0 radical (unpaired) electrons. The Morgan fingerprint density at radius 2 is 1.67 bits per heavy atom. The maximum atomic E-state index is 2.33. The molecule has 0 N–H and O–H groups in total. The van der Waals surface area contributed by atoms with Crippen LogP contribution < -0.4 is 0 Å². The van der Waals surface area contributed by atoms with E-state index in [2.05, 4.69) is 26.8 Å². The highest BCUT2D eigenvalue weighted by molar-refractivity contribution is 4.96. The Kier molecular flexibility index (Phi) is 15.9. The minimum absolute atomic E-state index is 1.19. The van der Waals surface area contributed by atoms with Gasteiger partial charge >= 0.3 is 0 Å². The van der Waals surface area contributed by atoms with Crippen molar-refractivity contribution in [2.45, 2.75) is 66.7 Å². The van der Waals surface area contributed by atoms with Crippen molar-refractivity contribution in [3.63, 3.8) is 0 Å². The van der Waals surface area contributed by atoms with Gasteiger partial charge in [0.15, 0.2) is 0 Å².